The number of Topliss-reactive ketones (excluding diaryl/α,β-unsaturated/α-hetero) is 1. The molecule has 2 unspecified atom stereocenters. The summed E-state index contributed by atoms with van der Waals surface area (Å²) in [6.45, 7) is 2.41. The van der Waals surface area contributed by atoms with E-state index in [1.807, 2.05) is 0 Å². The van der Waals surface area contributed by atoms with Gasteiger partial charge in [-0.3, -0.25) is 4.79 Å². The third-order valence-electron chi connectivity index (χ3n) is 5.44. The average Bonchev–Trinajstić information content (AvgIpc) is 2.22. The van der Waals surface area contributed by atoms with Crippen LogP contribution in [0.3, 0.4) is 0 Å². The first-order chi connectivity index (χ1) is 8.05. The molecular formula is C16H22O. The molecule has 0 aromatic heterocycles. The van der Waals surface area contributed by atoms with Crippen molar-refractivity contribution in [2.75, 3.05) is 0 Å². The lowest BCUT2D eigenvalue weighted by Crippen LogP contribution is -2.53. The van der Waals surface area contributed by atoms with E-state index in [1.54, 1.807) is 0 Å². The second-order valence-corrected chi connectivity index (χ2v) is 7.18. The molecule has 0 aliphatic heterocycles. The highest BCUT2D eigenvalue weighted by Crippen LogP contribution is 2.65. The molecule has 92 valence electrons. The lowest BCUT2D eigenvalue weighted by Gasteiger charge is -2.60. The quantitative estimate of drug-likeness (QED) is 0.677. The molecular weight excluding hydrogens is 208 g/mol. The van der Waals surface area contributed by atoms with Crippen LogP contribution in [0.5, 0.6) is 0 Å². The SMILES string of the molecule is C#CCCC(=O)C12CC3CC(CC(C)(C3)C1)C2. The van der Waals surface area contributed by atoms with Gasteiger partial charge in [0.1, 0.15) is 5.78 Å². The summed E-state index contributed by atoms with van der Waals surface area (Å²) < 4.78 is 0. The first-order valence-corrected chi connectivity index (χ1v) is 7.02. The van der Waals surface area contributed by atoms with Gasteiger partial charge < -0.3 is 0 Å². The number of carbonyl (C=O) groups excluding carboxylic acids is 1. The first-order valence-electron chi connectivity index (χ1n) is 7.02. The van der Waals surface area contributed by atoms with Gasteiger partial charge in [0, 0.05) is 18.3 Å². The van der Waals surface area contributed by atoms with Crippen molar-refractivity contribution in [2.24, 2.45) is 22.7 Å². The Bertz CT molecular complexity index is 373. The fourth-order valence-electron chi connectivity index (χ4n) is 5.50. The van der Waals surface area contributed by atoms with Gasteiger partial charge in [-0.1, -0.05) is 6.92 Å². The van der Waals surface area contributed by atoms with E-state index >= 15 is 0 Å². The van der Waals surface area contributed by atoms with Crippen molar-refractivity contribution in [3.05, 3.63) is 0 Å². The van der Waals surface area contributed by atoms with E-state index in [2.05, 4.69) is 12.8 Å². The molecule has 4 bridgehead atoms. The van der Waals surface area contributed by atoms with Gasteiger partial charge in [0.15, 0.2) is 0 Å². The minimum Gasteiger partial charge on any atom is -0.299 e. The zero-order valence-corrected chi connectivity index (χ0v) is 10.8. The largest absolute Gasteiger partial charge is 0.299 e. The summed E-state index contributed by atoms with van der Waals surface area (Å²) in [6.07, 6.45) is 14.2. The summed E-state index contributed by atoms with van der Waals surface area (Å²) in [7, 11) is 0. The van der Waals surface area contributed by atoms with Crippen molar-refractivity contribution < 1.29 is 4.79 Å². The fourth-order valence-corrected chi connectivity index (χ4v) is 5.50. The third kappa shape index (κ3) is 1.73. The van der Waals surface area contributed by atoms with E-state index in [0.29, 0.717) is 24.0 Å². The van der Waals surface area contributed by atoms with Crippen molar-refractivity contribution in [2.45, 2.75) is 58.3 Å². The van der Waals surface area contributed by atoms with Crippen molar-refractivity contribution in [1.29, 1.82) is 0 Å². The van der Waals surface area contributed by atoms with Crippen LogP contribution in [0, 0.1) is 35.0 Å². The minimum atomic E-state index is 0.0374. The van der Waals surface area contributed by atoms with Crippen LogP contribution in [-0.2, 0) is 4.79 Å². The van der Waals surface area contributed by atoms with Gasteiger partial charge in [-0.2, -0.15) is 0 Å². The zero-order chi connectivity index (χ0) is 12.1. The zero-order valence-electron chi connectivity index (χ0n) is 10.8. The molecule has 17 heavy (non-hydrogen) atoms. The van der Waals surface area contributed by atoms with E-state index in [9.17, 15) is 4.79 Å². The number of carbonyl (C=O) groups is 1. The molecule has 1 nitrogen and oxygen atoms in total. The number of hydrogen-bond acceptors (Lipinski definition) is 1. The second-order valence-electron chi connectivity index (χ2n) is 7.18. The van der Waals surface area contributed by atoms with Gasteiger partial charge >= 0.3 is 0 Å². The molecule has 4 aliphatic carbocycles. The summed E-state index contributed by atoms with van der Waals surface area (Å²) in [6, 6.07) is 0. The van der Waals surface area contributed by atoms with Crippen LogP contribution in [0.2, 0.25) is 0 Å². The van der Waals surface area contributed by atoms with Gasteiger partial charge in [-0.05, 0) is 55.8 Å². The van der Waals surface area contributed by atoms with E-state index in [4.69, 9.17) is 6.42 Å². The lowest BCUT2D eigenvalue weighted by molar-refractivity contribution is -0.152. The molecule has 4 saturated carbocycles. The maximum absolute atomic E-state index is 12.5. The number of ketones is 1. The van der Waals surface area contributed by atoms with E-state index in [1.165, 1.54) is 32.1 Å². The van der Waals surface area contributed by atoms with Crippen molar-refractivity contribution in [1.82, 2.24) is 0 Å². The number of rotatable bonds is 3. The molecule has 0 radical (unpaired) electrons. The minimum absolute atomic E-state index is 0.0374. The van der Waals surface area contributed by atoms with Gasteiger partial charge in [0.25, 0.3) is 0 Å². The lowest BCUT2D eigenvalue weighted by atomic mass is 9.43. The van der Waals surface area contributed by atoms with Crippen molar-refractivity contribution >= 4 is 5.78 Å². The summed E-state index contributed by atoms with van der Waals surface area (Å²) >= 11 is 0. The topological polar surface area (TPSA) is 17.1 Å². The Morgan fingerprint density at radius 2 is 1.94 bits per heavy atom. The first kappa shape index (κ1) is 11.3. The van der Waals surface area contributed by atoms with Crippen LogP contribution in [0.4, 0.5) is 0 Å². The van der Waals surface area contributed by atoms with Gasteiger partial charge in [-0.15, -0.1) is 12.3 Å². The molecule has 0 aromatic carbocycles. The molecule has 2 atom stereocenters. The van der Waals surface area contributed by atoms with E-state index in [0.717, 1.165) is 18.3 Å². The fraction of sp³-hybridized carbons (Fsp3) is 0.812. The molecule has 0 heterocycles. The molecule has 4 fully saturated rings. The van der Waals surface area contributed by atoms with Crippen LogP contribution in [0.1, 0.15) is 58.3 Å². The highest BCUT2D eigenvalue weighted by Gasteiger charge is 2.58. The number of hydrogen-bond donors (Lipinski definition) is 0. The summed E-state index contributed by atoms with van der Waals surface area (Å²) in [5.41, 5.74) is 0.506. The van der Waals surface area contributed by atoms with Crippen LogP contribution in [-0.4, -0.2) is 5.78 Å². The maximum Gasteiger partial charge on any atom is 0.140 e. The molecule has 0 N–H and O–H groups in total. The van der Waals surface area contributed by atoms with E-state index < -0.39 is 0 Å². The van der Waals surface area contributed by atoms with Crippen LogP contribution >= 0.6 is 0 Å². The summed E-state index contributed by atoms with van der Waals surface area (Å²) in [5.74, 6) is 4.76. The molecule has 4 aliphatic rings. The standard InChI is InChI=1S/C16H22O/c1-3-4-5-14(17)16-9-12-6-13(10-16)8-15(2,7-12)11-16/h1,12-13H,4-11H2,2H3. The van der Waals surface area contributed by atoms with Crippen molar-refractivity contribution in [3.63, 3.8) is 0 Å². The Hall–Kier alpha value is -0.770. The summed E-state index contributed by atoms with van der Waals surface area (Å²) in [4.78, 5) is 12.5. The molecule has 1 heteroatoms. The highest BCUT2D eigenvalue weighted by molar-refractivity contribution is 5.85. The average molecular weight is 230 g/mol. The summed E-state index contributed by atoms with van der Waals surface area (Å²) in [5, 5.41) is 0. The van der Waals surface area contributed by atoms with Gasteiger partial charge in [-0.25, -0.2) is 0 Å². The molecule has 0 spiro atoms. The van der Waals surface area contributed by atoms with Crippen molar-refractivity contribution in [3.8, 4) is 12.3 Å². The normalized spacial score (nSPS) is 46.8. The Labute approximate surface area is 104 Å². The van der Waals surface area contributed by atoms with Crippen LogP contribution in [0.15, 0.2) is 0 Å². The Morgan fingerprint density at radius 3 is 2.47 bits per heavy atom. The van der Waals surface area contributed by atoms with E-state index in [-0.39, 0.29) is 5.41 Å². The molecule has 0 amide bonds. The maximum atomic E-state index is 12.5. The predicted molar refractivity (Wildman–Crippen MR) is 68.3 cm³/mol. The number of terminal acetylenes is 1. The molecule has 0 saturated heterocycles. The highest BCUT2D eigenvalue weighted by atomic mass is 16.1. The predicted octanol–water partition coefficient (Wildman–Crippen LogP) is 3.58. The Kier molecular flexibility index (Phi) is 2.41. The van der Waals surface area contributed by atoms with Crippen LogP contribution in [0.25, 0.3) is 0 Å². The second kappa shape index (κ2) is 3.61. The Morgan fingerprint density at radius 1 is 1.29 bits per heavy atom. The van der Waals surface area contributed by atoms with Gasteiger partial charge in [0.05, 0.1) is 0 Å². The monoisotopic (exact) mass is 230 g/mol. The third-order valence-corrected chi connectivity index (χ3v) is 5.44. The smallest absolute Gasteiger partial charge is 0.140 e. The Balaban J connectivity index is 1.83. The molecule has 0 aromatic rings. The van der Waals surface area contributed by atoms with Crippen LogP contribution < -0.4 is 0 Å². The van der Waals surface area contributed by atoms with Gasteiger partial charge in [0.2, 0.25) is 0 Å². The molecule has 4 rings (SSSR count).